The van der Waals surface area contributed by atoms with Crippen molar-refractivity contribution >= 4 is 29.5 Å². The second-order valence-corrected chi connectivity index (χ2v) is 4.75. The number of aldehydes is 1. The lowest BCUT2D eigenvalue weighted by Gasteiger charge is -2.10. The Morgan fingerprint density at radius 3 is 2.43 bits per heavy atom. The van der Waals surface area contributed by atoms with Crippen molar-refractivity contribution in [2.45, 2.75) is 6.92 Å². The van der Waals surface area contributed by atoms with E-state index in [1.807, 2.05) is 0 Å². The predicted molar refractivity (Wildman–Crippen MR) is 86.7 cm³/mol. The van der Waals surface area contributed by atoms with Gasteiger partial charge in [0, 0.05) is 18.3 Å². The summed E-state index contributed by atoms with van der Waals surface area (Å²) in [6.07, 6.45) is 0.671. The molecule has 6 nitrogen and oxygen atoms in total. The van der Waals surface area contributed by atoms with E-state index in [1.54, 1.807) is 48.5 Å². The second kappa shape index (κ2) is 7.74. The molecule has 2 aromatic carbocycles. The molecule has 2 rings (SSSR count). The van der Waals surface area contributed by atoms with Crippen molar-refractivity contribution in [2.75, 3.05) is 17.2 Å². The quantitative estimate of drug-likeness (QED) is 0.803. The highest BCUT2D eigenvalue weighted by atomic mass is 16.5. The normalized spacial score (nSPS) is 9.78. The largest absolute Gasteiger partial charge is 0.483 e. The van der Waals surface area contributed by atoms with Crippen molar-refractivity contribution in [1.82, 2.24) is 0 Å². The van der Waals surface area contributed by atoms with Gasteiger partial charge in [-0.2, -0.15) is 0 Å². The van der Waals surface area contributed by atoms with E-state index < -0.39 is 0 Å². The highest BCUT2D eigenvalue weighted by Crippen LogP contribution is 2.17. The molecule has 6 heteroatoms. The minimum Gasteiger partial charge on any atom is -0.483 e. The first-order chi connectivity index (χ1) is 11.1. The molecule has 23 heavy (non-hydrogen) atoms. The molecule has 118 valence electrons. The number of hydrogen-bond donors (Lipinski definition) is 2. The van der Waals surface area contributed by atoms with Gasteiger partial charge < -0.3 is 15.4 Å². The Morgan fingerprint density at radius 2 is 1.74 bits per heavy atom. The molecular weight excluding hydrogens is 296 g/mol. The lowest BCUT2D eigenvalue weighted by Crippen LogP contribution is -2.20. The Hall–Kier alpha value is -3.15. The summed E-state index contributed by atoms with van der Waals surface area (Å²) in [6.45, 7) is 1.18. The molecule has 0 radical (unpaired) electrons. The van der Waals surface area contributed by atoms with E-state index in [2.05, 4.69) is 10.6 Å². The van der Waals surface area contributed by atoms with Gasteiger partial charge in [0.15, 0.2) is 12.9 Å². The first-order valence-corrected chi connectivity index (χ1v) is 6.93. The monoisotopic (exact) mass is 312 g/mol. The minimum absolute atomic E-state index is 0.192. The van der Waals surface area contributed by atoms with Crippen LogP contribution in [0.25, 0.3) is 0 Å². The topological polar surface area (TPSA) is 84.5 Å². The summed E-state index contributed by atoms with van der Waals surface area (Å²) in [6, 6.07) is 13.4. The molecule has 0 aliphatic heterocycles. The standard InChI is InChI=1S/C17H16N2O4/c1-12(21)18-14-6-4-7-15(9-14)19-17(22)11-23-16-8-3-2-5-13(16)10-20/h2-10H,11H2,1H3,(H,18,21)(H,19,22). The maximum Gasteiger partial charge on any atom is 0.262 e. The maximum atomic E-state index is 11.9. The molecule has 0 saturated carbocycles. The summed E-state index contributed by atoms with van der Waals surface area (Å²) < 4.78 is 5.34. The minimum atomic E-state index is -0.370. The highest BCUT2D eigenvalue weighted by Gasteiger charge is 2.07. The van der Waals surface area contributed by atoms with Crippen LogP contribution < -0.4 is 15.4 Å². The fourth-order valence-corrected chi connectivity index (χ4v) is 1.93. The van der Waals surface area contributed by atoms with Crippen LogP contribution in [-0.2, 0) is 9.59 Å². The number of amides is 2. The van der Waals surface area contributed by atoms with E-state index in [1.165, 1.54) is 6.92 Å². The molecule has 0 bridgehead atoms. The smallest absolute Gasteiger partial charge is 0.262 e. The molecule has 0 heterocycles. The van der Waals surface area contributed by atoms with E-state index >= 15 is 0 Å². The van der Waals surface area contributed by atoms with Crippen molar-refractivity contribution in [2.24, 2.45) is 0 Å². The molecule has 0 aromatic heterocycles. The van der Waals surface area contributed by atoms with Crippen LogP contribution in [-0.4, -0.2) is 24.7 Å². The average Bonchev–Trinajstić information content (AvgIpc) is 2.53. The Kier molecular flexibility index (Phi) is 5.46. The third-order valence-corrected chi connectivity index (χ3v) is 2.87. The Balaban J connectivity index is 1.94. The zero-order chi connectivity index (χ0) is 16.7. The van der Waals surface area contributed by atoms with Gasteiger partial charge in [-0.1, -0.05) is 18.2 Å². The van der Waals surface area contributed by atoms with E-state index in [0.717, 1.165) is 0 Å². The molecule has 2 aromatic rings. The van der Waals surface area contributed by atoms with Gasteiger partial charge in [-0.3, -0.25) is 14.4 Å². The number of ether oxygens (including phenoxy) is 1. The summed E-state index contributed by atoms with van der Waals surface area (Å²) in [5, 5.41) is 5.29. The van der Waals surface area contributed by atoms with Crippen LogP contribution in [0.5, 0.6) is 5.75 Å². The molecule has 2 amide bonds. The number of para-hydroxylation sites is 1. The fourth-order valence-electron chi connectivity index (χ4n) is 1.93. The summed E-state index contributed by atoms with van der Waals surface area (Å²) in [7, 11) is 0. The Bertz CT molecular complexity index is 728. The molecule has 0 saturated heterocycles. The van der Waals surface area contributed by atoms with Crippen molar-refractivity contribution in [1.29, 1.82) is 0 Å². The third-order valence-electron chi connectivity index (χ3n) is 2.87. The summed E-state index contributed by atoms with van der Waals surface area (Å²) in [5.41, 5.74) is 1.50. The summed E-state index contributed by atoms with van der Waals surface area (Å²) in [5.74, 6) is -0.211. The molecule has 0 aliphatic rings. The SMILES string of the molecule is CC(=O)Nc1cccc(NC(=O)COc2ccccc2C=O)c1. The van der Waals surface area contributed by atoms with Gasteiger partial charge in [0.2, 0.25) is 5.91 Å². The number of anilines is 2. The van der Waals surface area contributed by atoms with Crippen molar-refractivity contribution in [3.05, 3.63) is 54.1 Å². The first kappa shape index (κ1) is 16.2. The number of carbonyl (C=O) groups excluding carboxylic acids is 3. The zero-order valence-electron chi connectivity index (χ0n) is 12.5. The average molecular weight is 312 g/mol. The van der Waals surface area contributed by atoms with Crippen molar-refractivity contribution in [3.8, 4) is 5.75 Å². The lowest BCUT2D eigenvalue weighted by molar-refractivity contribution is -0.118. The fraction of sp³-hybridized carbons (Fsp3) is 0.118. The van der Waals surface area contributed by atoms with Gasteiger partial charge in [-0.15, -0.1) is 0 Å². The summed E-state index contributed by atoms with van der Waals surface area (Å²) in [4.78, 5) is 33.8. The summed E-state index contributed by atoms with van der Waals surface area (Å²) >= 11 is 0. The van der Waals surface area contributed by atoms with Crippen LogP contribution >= 0.6 is 0 Å². The second-order valence-electron chi connectivity index (χ2n) is 4.75. The molecule has 0 spiro atoms. The molecule has 0 fully saturated rings. The van der Waals surface area contributed by atoms with Crippen LogP contribution in [0.4, 0.5) is 11.4 Å². The lowest BCUT2D eigenvalue weighted by atomic mass is 10.2. The highest BCUT2D eigenvalue weighted by molar-refractivity contribution is 5.94. The van der Waals surface area contributed by atoms with Gasteiger partial charge in [0.05, 0.1) is 5.56 Å². The number of carbonyl (C=O) groups is 3. The van der Waals surface area contributed by atoms with Crippen molar-refractivity contribution in [3.63, 3.8) is 0 Å². The van der Waals surface area contributed by atoms with E-state index in [4.69, 9.17) is 4.74 Å². The van der Waals surface area contributed by atoms with Gasteiger partial charge in [-0.05, 0) is 30.3 Å². The number of nitrogens with one attached hydrogen (secondary N) is 2. The van der Waals surface area contributed by atoms with Gasteiger partial charge in [0.25, 0.3) is 5.91 Å². The van der Waals surface area contributed by atoms with E-state index in [-0.39, 0.29) is 18.4 Å². The van der Waals surface area contributed by atoms with Gasteiger partial charge in [0.1, 0.15) is 5.75 Å². The van der Waals surface area contributed by atoms with Crippen LogP contribution in [0, 0.1) is 0 Å². The molecule has 2 N–H and O–H groups in total. The van der Waals surface area contributed by atoms with E-state index in [0.29, 0.717) is 29.0 Å². The number of rotatable bonds is 6. The zero-order valence-corrected chi connectivity index (χ0v) is 12.5. The van der Waals surface area contributed by atoms with E-state index in [9.17, 15) is 14.4 Å². The number of hydrogen-bond acceptors (Lipinski definition) is 4. The maximum absolute atomic E-state index is 11.9. The molecule has 0 aliphatic carbocycles. The van der Waals surface area contributed by atoms with Gasteiger partial charge in [-0.25, -0.2) is 0 Å². The van der Waals surface area contributed by atoms with Gasteiger partial charge >= 0.3 is 0 Å². The van der Waals surface area contributed by atoms with Crippen LogP contribution in [0.2, 0.25) is 0 Å². The van der Waals surface area contributed by atoms with Crippen LogP contribution in [0.3, 0.4) is 0 Å². The Morgan fingerprint density at radius 1 is 1.04 bits per heavy atom. The third kappa shape index (κ3) is 4.96. The van der Waals surface area contributed by atoms with Crippen LogP contribution in [0.15, 0.2) is 48.5 Å². The first-order valence-electron chi connectivity index (χ1n) is 6.93. The molecular formula is C17H16N2O4. The van der Waals surface area contributed by atoms with Crippen molar-refractivity contribution < 1.29 is 19.1 Å². The molecule has 0 unspecified atom stereocenters. The molecule has 0 atom stereocenters. The number of benzene rings is 2. The predicted octanol–water partition coefficient (Wildman–Crippen LogP) is 2.48. The Labute approximate surface area is 133 Å². The van der Waals surface area contributed by atoms with Crippen LogP contribution in [0.1, 0.15) is 17.3 Å².